The molecule has 1 fully saturated rings. The zero-order chi connectivity index (χ0) is 14.7. The fourth-order valence-electron chi connectivity index (χ4n) is 2.87. The molecule has 0 bridgehead atoms. The minimum absolute atomic E-state index is 0.117. The molecule has 5 nitrogen and oxygen atoms in total. The summed E-state index contributed by atoms with van der Waals surface area (Å²) < 4.78 is 10.9. The maximum absolute atomic E-state index is 12.1. The van der Waals surface area contributed by atoms with Crippen molar-refractivity contribution in [1.29, 1.82) is 0 Å². The molecule has 1 amide bonds. The lowest BCUT2D eigenvalue weighted by Gasteiger charge is -2.30. The number of carbonyl (C=O) groups is 1. The van der Waals surface area contributed by atoms with Gasteiger partial charge in [0.15, 0.2) is 0 Å². The Bertz CT molecular complexity index is 456. The number of furan rings is 1. The Labute approximate surface area is 120 Å². The van der Waals surface area contributed by atoms with E-state index in [-0.39, 0.29) is 18.0 Å². The number of hydrogen-bond acceptors (Lipinski definition) is 4. The molecule has 1 saturated heterocycles. The third kappa shape index (κ3) is 3.04. The van der Waals surface area contributed by atoms with Crippen molar-refractivity contribution in [2.75, 3.05) is 27.7 Å². The second-order valence-electron chi connectivity index (χ2n) is 5.54. The summed E-state index contributed by atoms with van der Waals surface area (Å²) in [6.45, 7) is 3.39. The summed E-state index contributed by atoms with van der Waals surface area (Å²) >= 11 is 0. The second-order valence-corrected chi connectivity index (χ2v) is 5.54. The van der Waals surface area contributed by atoms with E-state index in [1.165, 1.54) is 0 Å². The van der Waals surface area contributed by atoms with Crippen molar-refractivity contribution in [3.05, 3.63) is 23.7 Å². The van der Waals surface area contributed by atoms with Crippen molar-refractivity contribution >= 4 is 5.91 Å². The van der Waals surface area contributed by atoms with Crippen molar-refractivity contribution in [2.24, 2.45) is 0 Å². The van der Waals surface area contributed by atoms with E-state index in [1.807, 2.05) is 19.1 Å². The highest BCUT2D eigenvalue weighted by Gasteiger charge is 2.35. The predicted molar refractivity (Wildman–Crippen MR) is 76.3 cm³/mol. The molecule has 1 aromatic heterocycles. The molecule has 2 heterocycles. The van der Waals surface area contributed by atoms with Crippen LogP contribution < -0.4 is 0 Å². The van der Waals surface area contributed by atoms with Crippen LogP contribution >= 0.6 is 0 Å². The standard InChI is InChI=1S/C15H24N2O3/c1-11(15(18)16(2)3)17-9-5-6-13(17)14-8-7-12(20-14)10-19-4/h7-8,11,13H,5-6,9-10H2,1-4H3/t11-,13-/m1/s1. The Morgan fingerprint density at radius 2 is 2.30 bits per heavy atom. The number of hydrogen-bond donors (Lipinski definition) is 0. The van der Waals surface area contributed by atoms with Crippen LogP contribution in [0.15, 0.2) is 16.5 Å². The van der Waals surface area contributed by atoms with Crippen LogP contribution in [-0.4, -0.2) is 49.5 Å². The molecule has 1 aliphatic rings. The first-order chi connectivity index (χ1) is 9.54. The van der Waals surface area contributed by atoms with E-state index < -0.39 is 0 Å². The highest BCUT2D eigenvalue weighted by molar-refractivity contribution is 5.81. The Morgan fingerprint density at radius 3 is 2.95 bits per heavy atom. The van der Waals surface area contributed by atoms with Crippen LogP contribution in [0.2, 0.25) is 0 Å². The molecular formula is C15H24N2O3. The Balaban J connectivity index is 2.11. The highest BCUT2D eigenvalue weighted by Crippen LogP contribution is 2.34. The summed E-state index contributed by atoms with van der Waals surface area (Å²) in [7, 11) is 5.25. The minimum atomic E-state index is -0.117. The minimum Gasteiger partial charge on any atom is -0.462 e. The Hall–Kier alpha value is -1.33. The van der Waals surface area contributed by atoms with Crippen molar-refractivity contribution < 1.29 is 13.9 Å². The number of carbonyl (C=O) groups excluding carboxylic acids is 1. The largest absolute Gasteiger partial charge is 0.462 e. The molecule has 5 heteroatoms. The zero-order valence-corrected chi connectivity index (χ0v) is 12.8. The first-order valence-corrected chi connectivity index (χ1v) is 7.09. The summed E-state index contributed by atoms with van der Waals surface area (Å²) in [5.74, 6) is 1.91. The zero-order valence-electron chi connectivity index (χ0n) is 12.8. The van der Waals surface area contributed by atoms with Gasteiger partial charge in [-0.2, -0.15) is 0 Å². The van der Waals surface area contributed by atoms with Crippen LogP contribution in [0.1, 0.15) is 37.3 Å². The van der Waals surface area contributed by atoms with Crippen molar-refractivity contribution in [1.82, 2.24) is 9.80 Å². The maximum atomic E-state index is 12.1. The molecule has 0 radical (unpaired) electrons. The van der Waals surface area contributed by atoms with Crippen LogP contribution in [-0.2, 0) is 16.1 Å². The van der Waals surface area contributed by atoms with Gasteiger partial charge >= 0.3 is 0 Å². The monoisotopic (exact) mass is 280 g/mol. The average Bonchev–Trinajstić information content (AvgIpc) is 3.05. The van der Waals surface area contributed by atoms with E-state index >= 15 is 0 Å². The first kappa shape index (κ1) is 15.1. The number of likely N-dealkylation sites (N-methyl/N-ethyl adjacent to an activating group) is 1. The van der Waals surface area contributed by atoms with Gasteiger partial charge in [0, 0.05) is 21.2 Å². The molecular weight excluding hydrogens is 256 g/mol. The lowest BCUT2D eigenvalue weighted by atomic mass is 10.1. The summed E-state index contributed by atoms with van der Waals surface area (Å²) in [6.07, 6.45) is 2.13. The van der Waals surface area contributed by atoms with Crippen molar-refractivity contribution in [3.8, 4) is 0 Å². The Kier molecular flexibility index (Phi) is 4.83. The number of likely N-dealkylation sites (tertiary alicyclic amines) is 1. The van der Waals surface area contributed by atoms with E-state index in [2.05, 4.69) is 4.90 Å². The normalized spacial score (nSPS) is 21.1. The molecule has 0 unspecified atom stereocenters. The molecule has 20 heavy (non-hydrogen) atoms. The smallest absolute Gasteiger partial charge is 0.239 e. The SMILES string of the molecule is COCc1ccc([C@H]2CCCN2[C@H](C)C(=O)N(C)C)o1. The number of amides is 1. The topological polar surface area (TPSA) is 45.9 Å². The predicted octanol–water partition coefficient (Wildman–Crippen LogP) is 2.04. The third-order valence-corrected chi connectivity index (χ3v) is 3.89. The van der Waals surface area contributed by atoms with E-state index in [1.54, 1.807) is 26.1 Å². The Morgan fingerprint density at radius 1 is 1.55 bits per heavy atom. The van der Waals surface area contributed by atoms with E-state index in [4.69, 9.17) is 9.15 Å². The molecule has 0 saturated carbocycles. The molecule has 0 N–H and O–H groups in total. The van der Waals surface area contributed by atoms with Crippen LogP contribution in [0.3, 0.4) is 0 Å². The lowest BCUT2D eigenvalue weighted by molar-refractivity contribution is -0.134. The number of ether oxygens (including phenoxy) is 1. The van der Waals surface area contributed by atoms with Gasteiger partial charge < -0.3 is 14.1 Å². The van der Waals surface area contributed by atoms with Crippen LogP contribution in [0.4, 0.5) is 0 Å². The average molecular weight is 280 g/mol. The van der Waals surface area contributed by atoms with E-state index in [0.29, 0.717) is 6.61 Å². The van der Waals surface area contributed by atoms with Gasteiger partial charge in [-0.15, -0.1) is 0 Å². The van der Waals surface area contributed by atoms with Crippen LogP contribution in [0, 0.1) is 0 Å². The fourth-order valence-corrected chi connectivity index (χ4v) is 2.87. The van der Waals surface area contributed by atoms with E-state index in [9.17, 15) is 4.79 Å². The maximum Gasteiger partial charge on any atom is 0.239 e. The third-order valence-electron chi connectivity index (χ3n) is 3.89. The first-order valence-electron chi connectivity index (χ1n) is 7.09. The van der Waals surface area contributed by atoms with Gasteiger partial charge in [0.05, 0.1) is 12.1 Å². The quantitative estimate of drug-likeness (QED) is 0.828. The number of methoxy groups -OCH3 is 1. The second kappa shape index (κ2) is 6.41. The summed E-state index contributed by atoms with van der Waals surface area (Å²) in [5, 5.41) is 0. The van der Waals surface area contributed by atoms with Gasteiger partial charge in [-0.1, -0.05) is 0 Å². The molecule has 1 aromatic rings. The molecule has 0 aromatic carbocycles. The molecule has 1 aliphatic heterocycles. The van der Waals surface area contributed by atoms with Gasteiger partial charge in [-0.3, -0.25) is 9.69 Å². The highest BCUT2D eigenvalue weighted by atomic mass is 16.5. The molecule has 0 aliphatic carbocycles. The molecule has 2 rings (SSSR count). The van der Waals surface area contributed by atoms with E-state index in [0.717, 1.165) is 30.9 Å². The number of rotatable bonds is 5. The number of nitrogens with zero attached hydrogens (tertiary/aromatic N) is 2. The lowest BCUT2D eigenvalue weighted by Crippen LogP contribution is -2.44. The van der Waals surface area contributed by atoms with Crippen molar-refractivity contribution in [2.45, 2.75) is 38.5 Å². The summed E-state index contributed by atoms with van der Waals surface area (Å²) in [4.78, 5) is 16.0. The molecule has 0 spiro atoms. The van der Waals surface area contributed by atoms with Crippen LogP contribution in [0.25, 0.3) is 0 Å². The summed E-state index contributed by atoms with van der Waals surface area (Å²) in [5.41, 5.74) is 0. The summed E-state index contributed by atoms with van der Waals surface area (Å²) in [6, 6.07) is 4.03. The molecule has 2 atom stereocenters. The van der Waals surface area contributed by atoms with Crippen LogP contribution in [0.5, 0.6) is 0 Å². The van der Waals surface area contributed by atoms with Gasteiger partial charge in [0.1, 0.15) is 18.1 Å². The van der Waals surface area contributed by atoms with Gasteiger partial charge in [0.25, 0.3) is 0 Å². The van der Waals surface area contributed by atoms with Gasteiger partial charge in [0.2, 0.25) is 5.91 Å². The van der Waals surface area contributed by atoms with Gasteiger partial charge in [-0.25, -0.2) is 0 Å². The fraction of sp³-hybridized carbons (Fsp3) is 0.667. The molecule has 112 valence electrons. The van der Waals surface area contributed by atoms with Gasteiger partial charge in [-0.05, 0) is 38.4 Å². The van der Waals surface area contributed by atoms with Crippen molar-refractivity contribution in [3.63, 3.8) is 0 Å².